The molecule has 4 aliphatic rings. The van der Waals surface area contributed by atoms with Crippen LogP contribution in [0.4, 0.5) is 0 Å². The van der Waals surface area contributed by atoms with E-state index in [4.69, 9.17) is 0 Å². The van der Waals surface area contributed by atoms with Gasteiger partial charge in [0.2, 0.25) is 0 Å². The number of hydrogen-bond donors (Lipinski definition) is 1. The highest BCUT2D eigenvalue weighted by Crippen LogP contribution is 2.44. The fraction of sp³-hybridized carbons (Fsp3) is 1.00. The lowest BCUT2D eigenvalue weighted by molar-refractivity contribution is -0.0572. The molecule has 7 atom stereocenters. The molecule has 2 heteroatoms. The van der Waals surface area contributed by atoms with Crippen LogP contribution in [0.2, 0.25) is 0 Å². The Morgan fingerprint density at radius 3 is 2.45 bits per heavy atom. The van der Waals surface area contributed by atoms with E-state index in [1.54, 1.807) is 0 Å². The van der Waals surface area contributed by atoms with Gasteiger partial charge in [0.1, 0.15) is 0 Å². The molecule has 4 rings (SSSR count). The Morgan fingerprint density at radius 1 is 0.864 bits per heavy atom. The molecule has 0 spiro atoms. The molecule has 2 aliphatic carbocycles. The number of nitrogens with one attached hydrogen (secondary N) is 1. The summed E-state index contributed by atoms with van der Waals surface area (Å²) in [5, 5.41) is 3.90. The zero-order chi connectivity index (χ0) is 15.1. The van der Waals surface area contributed by atoms with Gasteiger partial charge in [0.05, 0.1) is 0 Å². The predicted molar refractivity (Wildman–Crippen MR) is 92.9 cm³/mol. The van der Waals surface area contributed by atoms with Crippen molar-refractivity contribution in [3.05, 3.63) is 0 Å². The van der Waals surface area contributed by atoms with Gasteiger partial charge in [-0.1, -0.05) is 32.6 Å². The summed E-state index contributed by atoms with van der Waals surface area (Å²) in [7, 11) is 0. The molecule has 0 aromatic rings. The van der Waals surface area contributed by atoms with Gasteiger partial charge in [-0.05, 0) is 69.2 Å². The average molecular weight is 305 g/mol. The summed E-state index contributed by atoms with van der Waals surface area (Å²) in [6.45, 7) is 7.66. The van der Waals surface area contributed by atoms with Crippen molar-refractivity contribution >= 4 is 0 Å². The Hall–Kier alpha value is -0.0800. The van der Waals surface area contributed by atoms with E-state index in [2.05, 4.69) is 24.1 Å². The number of fused-ring (bicyclic) bond motifs is 2. The van der Waals surface area contributed by atoms with Crippen LogP contribution in [0.15, 0.2) is 0 Å². The van der Waals surface area contributed by atoms with Gasteiger partial charge in [0.25, 0.3) is 0 Å². The molecule has 126 valence electrons. The molecular formula is C20H36N2. The summed E-state index contributed by atoms with van der Waals surface area (Å²) in [5.41, 5.74) is 0. The van der Waals surface area contributed by atoms with Gasteiger partial charge in [-0.25, -0.2) is 0 Å². The molecule has 0 amide bonds. The number of rotatable bonds is 1. The SMILES string of the molecule is CC1CC2CCCCC2N(C2C(C)NCC3CCCCC32)C1. The summed E-state index contributed by atoms with van der Waals surface area (Å²) in [6.07, 6.45) is 13.4. The van der Waals surface area contributed by atoms with E-state index in [0.29, 0.717) is 6.04 Å². The van der Waals surface area contributed by atoms with Gasteiger partial charge in [-0.3, -0.25) is 4.90 Å². The predicted octanol–water partition coefficient (Wildman–Crippen LogP) is 4.05. The molecule has 0 bridgehead atoms. The highest BCUT2D eigenvalue weighted by molar-refractivity contribution is 5.02. The van der Waals surface area contributed by atoms with Gasteiger partial charge in [-0.15, -0.1) is 0 Å². The second-order valence-corrected chi connectivity index (χ2v) is 9.05. The summed E-state index contributed by atoms with van der Waals surface area (Å²) >= 11 is 0. The number of nitrogens with zero attached hydrogens (tertiary/aromatic N) is 1. The van der Waals surface area contributed by atoms with Crippen LogP contribution in [0.5, 0.6) is 0 Å². The van der Waals surface area contributed by atoms with E-state index in [0.717, 1.165) is 35.8 Å². The smallest absolute Gasteiger partial charge is 0.0281 e. The summed E-state index contributed by atoms with van der Waals surface area (Å²) in [6, 6.07) is 2.44. The van der Waals surface area contributed by atoms with Gasteiger partial charge in [0.15, 0.2) is 0 Å². The third-order valence-electron chi connectivity index (χ3n) is 7.53. The van der Waals surface area contributed by atoms with Crippen LogP contribution in [-0.2, 0) is 0 Å². The first-order valence-electron chi connectivity index (χ1n) is 10.2. The molecule has 0 aromatic carbocycles. The van der Waals surface area contributed by atoms with Crippen LogP contribution in [0.25, 0.3) is 0 Å². The fourth-order valence-corrected chi connectivity index (χ4v) is 6.63. The van der Waals surface area contributed by atoms with Crippen molar-refractivity contribution in [3.63, 3.8) is 0 Å². The van der Waals surface area contributed by atoms with Gasteiger partial charge < -0.3 is 5.32 Å². The summed E-state index contributed by atoms with van der Waals surface area (Å²) < 4.78 is 0. The van der Waals surface area contributed by atoms with Gasteiger partial charge in [-0.2, -0.15) is 0 Å². The molecule has 1 N–H and O–H groups in total. The van der Waals surface area contributed by atoms with Crippen molar-refractivity contribution in [2.75, 3.05) is 13.1 Å². The zero-order valence-electron chi connectivity index (χ0n) is 14.8. The van der Waals surface area contributed by atoms with Crippen LogP contribution in [0, 0.1) is 23.7 Å². The Labute approximate surface area is 137 Å². The van der Waals surface area contributed by atoms with Crippen molar-refractivity contribution in [1.82, 2.24) is 10.2 Å². The Morgan fingerprint density at radius 2 is 1.59 bits per heavy atom. The highest BCUT2D eigenvalue weighted by atomic mass is 15.2. The average Bonchev–Trinajstić information content (AvgIpc) is 2.54. The minimum atomic E-state index is 0.701. The lowest BCUT2D eigenvalue weighted by Gasteiger charge is -2.56. The Kier molecular flexibility index (Phi) is 4.52. The first kappa shape index (κ1) is 15.4. The standard InChI is InChI=1S/C20H36N2/c1-14-11-16-7-4-6-10-19(16)22(13-14)20-15(2)21-12-17-8-3-5-9-18(17)20/h14-21H,3-13H2,1-2H3. The van der Waals surface area contributed by atoms with Crippen molar-refractivity contribution in [1.29, 1.82) is 0 Å². The molecule has 2 nitrogen and oxygen atoms in total. The summed E-state index contributed by atoms with van der Waals surface area (Å²) in [5.74, 6) is 3.87. The molecule has 7 unspecified atom stereocenters. The van der Waals surface area contributed by atoms with Crippen LogP contribution < -0.4 is 5.32 Å². The first-order valence-corrected chi connectivity index (χ1v) is 10.2. The second kappa shape index (κ2) is 6.43. The van der Waals surface area contributed by atoms with Crippen LogP contribution in [-0.4, -0.2) is 36.1 Å². The minimum Gasteiger partial charge on any atom is -0.312 e. The zero-order valence-corrected chi connectivity index (χ0v) is 14.8. The van der Waals surface area contributed by atoms with Crippen molar-refractivity contribution in [2.24, 2.45) is 23.7 Å². The van der Waals surface area contributed by atoms with E-state index >= 15 is 0 Å². The topological polar surface area (TPSA) is 15.3 Å². The van der Waals surface area contributed by atoms with E-state index in [9.17, 15) is 0 Å². The molecular weight excluding hydrogens is 268 g/mol. The van der Waals surface area contributed by atoms with E-state index < -0.39 is 0 Å². The molecule has 22 heavy (non-hydrogen) atoms. The fourth-order valence-electron chi connectivity index (χ4n) is 6.63. The van der Waals surface area contributed by atoms with Gasteiger partial charge in [0, 0.05) is 24.7 Å². The quantitative estimate of drug-likeness (QED) is 0.786. The Balaban J connectivity index is 1.58. The highest BCUT2D eigenvalue weighted by Gasteiger charge is 2.46. The van der Waals surface area contributed by atoms with E-state index in [1.807, 2.05) is 0 Å². The maximum Gasteiger partial charge on any atom is 0.0281 e. The molecule has 2 saturated carbocycles. The first-order chi connectivity index (χ1) is 10.7. The molecule has 2 saturated heterocycles. The van der Waals surface area contributed by atoms with Gasteiger partial charge >= 0.3 is 0 Å². The molecule has 2 aliphatic heterocycles. The van der Waals surface area contributed by atoms with E-state index in [1.165, 1.54) is 70.9 Å². The molecule has 2 heterocycles. The molecule has 0 aromatic heterocycles. The van der Waals surface area contributed by atoms with Crippen molar-refractivity contribution in [2.45, 2.75) is 89.8 Å². The van der Waals surface area contributed by atoms with Crippen LogP contribution in [0.1, 0.15) is 71.6 Å². The van der Waals surface area contributed by atoms with Crippen molar-refractivity contribution < 1.29 is 0 Å². The monoisotopic (exact) mass is 304 g/mol. The minimum absolute atomic E-state index is 0.701. The molecule has 4 fully saturated rings. The van der Waals surface area contributed by atoms with Crippen molar-refractivity contribution in [3.8, 4) is 0 Å². The number of hydrogen-bond acceptors (Lipinski definition) is 2. The largest absolute Gasteiger partial charge is 0.312 e. The third-order valence-corrected chi connectivity index (χ3v) is 7.53. The number of likely N-dealkylation sites (tertiary alicyclic amines) is 1. The lowest BCUT2D eigenvalue weighted by Crippen LogP contribution is -2.65. The third kappa shape index (κ3) is 2.75. The van der Waals surface area contributed by atoms with Crippen LogP contribution in [0.3, 0.4) is 0 Å². The summed E-state index contributed by atoms with van der Waals surface area (Å²) in [4.78, 5) is 3.04. The lowest BCUT2D eigenvalue weighted by atomic mass is 9.67. The Bertz CT molecular complexity index is 382. The molecule has 0 radical (unpaired) electrons. The maximum atomic E-state index is 3.90. The number of piperidine rings is 2. The second-order valence-electron chi connectivity index (χ2n) is 9.05. The normalized spacial score (nSPS) is 50.2. The van der Waals surface area contributed by atoms with E-state index in [-0.39, 0.29) is 0 Å². The maximum absolute atomic E-state index is 3.90. The van der Waals surface area contributed by atoms with Crippen LogP contribution >= 0.6 is 0 Å².